The van der Waals surface area contributed by atoms with Crippen LogP contribution in [0.2, 0.25) is 5.02 Å². The SMILES string of the molecule is C#C[C@@]1(C(=O)NCc2cc(Cl)ccc2CN)CCCN1C(=O)[C@H](N)C(C)(C)C. The Morgan fingerprint density at radius 3 is 2.64 bits per heavy atom. The summed E-state index contributed by atoms with van der Waals surface area (Å²) in [5.41, 5.74) is 11.8. The van der Waals surface area contributed by atoms with Crippen molar-refractivity contribution in [1.82, 2.24) is 10.2 Å². The first kappa shape index (κ1) is 22.2. The van der Waals surface area contributed by atoms with Gasteiger partial charge in [0.05, 0.1) is 6.04 Å². The summed E-state index contributed by atoms with van der Waals surface area (Å²) >= 11 is 6.06. The predicted molar refractivity (Wildman–Crippen MR) is 111 cm³/mol. The second-order valence-corrected chi connectivity index (χ2v) is 8.68. The Hall–Kier alpha value is -2.07. The van der Waals surface area contributed by atoms with E-state index in [9.17, 15) is 9.59 Å². The van der Waals surface area contributed by atoms with Crippen molar-refractivity contribution in [3.05, 3.63) is 34.3 Å². The molecule has 0 radical (unpaired) electrons. The third-order valence-corrected chi connectivity index (χ3v) is 5.52. The van der Waals surface area contributed by atoms with Crippen LogP contribution in [0.15, 0.2) is 18.2 Å². The van der Waals surface area contributed by atoms with Crippen LogP contribution in [0.1, 0.15) is 44.7 Å². The minimum atomic E-state index is -1.33. The molecule has 1 heterocycles. The Kier molecular flexibility index (Phi) is 6.76. The van der Waals surface area contributed by atoms with Crippen molar-refractivity contribution in [2.75, 3.05) is 6.54 Å². The highest BCUT2D eigenvalue weighted by molar-refractivity contribution is 6.30. The van der Waals surface area contributed by atoms with Crippen molar-refractivity contribution in [3.8, 4) is 12.3 Å². The van der Waals surface area contributed by atoms with Crippen LogP contribution in [-0.4, -0.2) is 34.8 Å². The fraction of sp³-hybridized carbons (Fsp3) is 0.524. The fourth-order valence-corrected chi connectivity index (χ4v) is 3.58. The molecular formula is C21H29ClN4O2. The Bertz CT molecular complexity index is 797. The van der Waals surface area contributed by atoms with Crippen molar-refractivity contribution in [3.63, 3.8) is 0 Å². The number of nitrogens with one attached hydrogen (secondary N) is 1. The van der Waals surface area contributed by atoms with Gasteiger partial charge in [0.25, 0.3) is 5.91 Å². The molecule has 28 heavy (non-hydrogen) atoms. The Morgan fingerprint density at radius 1 is 1.39 bits per heavy atom. The maximum atomic E-state index is 13.1. The Labute approximate surface area is 172 Å². The van der Waals surface area contributed by atoms with Gasteiger partial charge in [0.2, 0.25) is 5.91 Å². The summed E-state index contributed by atoms with van der Waals surface area (Å²) < 4.78 is 0. The minimum absolute atomic E-state index is 0.225. The molecule has 2 rings (SSSR count). The van der Waals surface area contributed by atoms with Gasteiger partial charge in [0, 0.05) is 24.7 Å². The van der Waals surface area contributed by atoms with Crippen LogP contribution in [-0.2, 0) is 22.7 Å². The summed E-state index contributed by atoms with van der Waals surface area (Å²) in [4.78, 5) is 27.5. The van der Waals surface area contributed by atoms with Gasteiger partial charge in [-0.3, -0.25) is 9.59 Å². The summed E-state index contributed by atoms with van der Waals surface area (Å²) in [6.07, 6.45) is 6.81. The highest BCUT2D eigenvalue weighted by Crippen LogP contribution is 2.32. The molecule has 0 aliphatic carbocycles. The highest BCUT2D eigenvalue weighted by Gasteiger charge is 2.50. The number of rotatable bonds is 5. The Balaban J connectivity index is 2.23. The molecule has 0 spiro atoms. The normalized spacial score (nSPS) is 20.5. The zero-order valence-electron chi connectivity index (χ0n) is 16.7. The molecule has 0 saturated carbocycles. The van der Waals surface area contributed by atoms with Crippen molar-refractivity contribution in [2.24, 2.45) is 16.9 Å². The summed E-state index contributed by atoms with van der Waals surface area (Å²) in [5.74, 6) is 1.89. The van der Waals surface area contributed by atoms with E-state index < -0.39 is 17.0 Å². The number of halogens is 1. The largest absolute Gasteiger partial charge is 0.349 e. The maximum absolute atomic E-state index is 13.1. The molecule has 1 aromatic carbocycles. The van der Waals surface area contributed by atoms with E-state index in [1.54, 1.807) is 12.1 Å². The molecule has 1 fully saturated rings. The van der Waals surface area contributed by atoms with Crippen molar-refractivity contribution < 1.29 is 9.59 Å². The van der Waals surface area contributed by atoms with Crippen LogP contribution in [0.25, 0.3) is 0 Å². The standard InChI is InChI=1S/C21H29ClN4O2/c1-5-21(9-6-10-26(21)18(27)17(24)20(2,3)4)19(28)25-13-15-11-16(22)8-7-14(15)12-23/h1,7-8,11,17H,6,9-10,12-13,23-24H2,2-4H3,(H,25,28)/t17-,21-/m0/s1. The topological polar surface area (TPSA) is 101 Å². The number of terminal acetylenes is 1. The van der Waals surface area contributed by atoms with E-state index in [4.69, 9.17) is 29.5 Å². The van der Waals surface area contributed by atoms with Crippen LogP contribution >= 0.6 is 11.6 Å². The molecule has 7 heteroatoms. The van der Waals surface area contributed by atoms with Gasteiger partial charge >= 0.3 is 0 Å². The van der Waals surface area contributed by atoms with Crippen molar-refractivity contribution in [2.45, 2.75) is 58.3 Å². The smallest absolute Gasteiger partial charge is 0.258 e. The second-order valence-electron chi connectivity index (χ2n) is 8.24. The van der Waals surface area contributed by atoms with Gasteiger partial charge in [0.1, 0.15) is 0 Å². The summed E-state index contributed by atoms with van der Waals surface area (Å²) in [6.45, 7) is 6.62. The molecule has 0 bridgehead atoms. The molecule has 1 aliphatic rings. The minimum Gasteiger partial charge on any atom is -0.349 e. The van der Waals surface area contributed by atoms with Crippen LogP contribution in [0.5, 0.6) is 0 Å². The first-order valence-corrected chi connectivity index (χ1v) is 9.75. The average molecular weight is 405 g/mol. The van der Waals surface area contributed by atoms with Gasteiger partial charge in [-0.1, -0.05) is 44.4 Å². The number of benzene rings is 1. The van der Waals surface area contributed by atoms with Gasteiger partial charge in [-0.05, 0) is 41.5 Å². The molecule has 1 saturated heterocycles. The number of nitrogens with two attached hydrogens (primary N) is 2. The van der Waals surface area contributed by atoms with Crippen LogP contribution in [0, 0.1) is 17.8 Å². The van der Waals surface area contributed by atoms with E-state index in [1.807, 2.05) is 26.8 Å². The van der Waals surface area contributed by atoms with Crippen molar-refractivity contribution in [1.29, 1.82) is 0 Å². The van der Waals surface area contributed by atoms with Gasteiger partial charge in [0.15, 0.2) is 5.54 Å². The number of likely N-dealkylation sites (tertiary alicyclic amines) is 1. The third-order valence-electron chi connectivity index (χ3n) is 5.29. The number of hydrogen-bond acceptors (Lipinski definition) is 4. The van der Waals surface area contributed by atoms with Gasteiger partial charge in [-0.25, -0.2) is 0 Å². The summed E-state index contributed by atoms with van der Waals surface area (Å²) in [7, 11) is 0. The molecule has 0 unspecified atom stereocenters. The molecule has 1 aromatic rings. The lowest BCUT2D eigenvalue weighted by atomic mass is 9.85. The quantitative estimate of drug-likeness (QED) is 0.651. The number of nitrogens with zero attached hydrogens (tertiary/aromatic N) is 1. The molecule has 5 N–H and O–H groups in total. The third kappa shape index (κ3) is 4.33. The highest BCUT2D eigenvalue weighted by atomic mass is 35.5. The molecular weight excluding hydrogens is 376 g/mol. The van der Waals surface area contributed by atoms with E-state index in [0.29, 0.717) is 31.0 Å². The number of carbonyl (C=O) groups is 2. The first-order chi connectivity index (χ1) is 13.1. The predicted octanol–water partition coefficient (Wildman–Crippen LogP) is 1.78. The summed E-state index contributed by atoms with van der Waals surface area (Å²) in [5, 5.41) is 3.42. The molecule has 0 aromatic heterocycles. The van der Waals surface area contributed by atoms with Gasteiger partial charge in [-0.15, -0.1) is 6.42 Å². The molecule has 6 nitrogen and oxygen atoms in total. The van der Waals surface area contributed by atoms with Crippen LogP contribution in [0.3, 0.4) is 0 Å². The zero-order valence-corrected chi connectivity index (χ0v) is 17.5. The lowest BCUT2D eigenvalue weighted by Crippen LogP contribution is -2.61. The van der Waals surface area contributed by atoms with Crippen LogP contribution < -0.4 is 16.8 Å². The molecule has 2 atom stereocenters. The van der Waals surface area contributed by atoms with Crippen LogP contribution in [0.4, 0.5) is 0 Å². The first-order valence-electron chi connectivity index (χ1n) is 9.37. The number of hydrogen-bond donors (Lipinski definition) is 3. The van der Waals surface area contributed by atoms with E-state index in [2.05, 4.69) is 11.2 Å². The van der Waals surface area contributed by atoms with E-state index >= 15 is 0 Å². The fourth-order valence-electron chi connectivity index (χ4n) is 3.39. The van der Waals surface area contributed by atoms with E-state index in [-0.39, 0.29) is 18.4 Å². The van der Waals surface area contributed by atoms with Crippen molar-refractivity contribution >= 4 is 23.4 Å². The second kappa shape index (κ2) is 8.52. The zero-order chi connectivity index (χ0) is 21.1. The van der Waals surface area contributed by atoms with Gasteiger partial charge < -0.3 is 21.7 Å². The Morgan fingerprint density at radius 2 is 2.07 bits per heavy atom. The van der Waals surface area contributed by atoms with E-state index in [0.717, 1.165) is 11.1 Å². The lowest BCUT2D eigenvalue weighted by Gasteiger charge is -2.37. The maximum Gasteiger partial charge on any atom is 0.258 e. The average Bonchev–Trinajstić information content (AvgIpc) is 3.09. The lowest BCUT2D eigenvalue weighted by molar-refractivity contribution is -0.144. The van der Waals surface area contributed by atoms with E-state index in [1.165, 1.54) is 4.90 Å². The number of carbonyl (C=O) groups excluding carboxylic acids is 2. The molecule has 152 valence electrons. The monoisotopic (exact) mass is 404 g/mol. The molecule has 2 amide bonds. The van der Waals surface area contributed by atoms with Gasteiger partial charge in [-0.2, -0.15) is 0 Å². The number of amides is 2. The molecule has 1 aliphatic heterocycles. The summed E-state index contributed by atoms with van der Waals surface area (Å²) in [6, 6.07) is 4.60.